The Morgan fingerprint density at radius 2 is 2.25 bits per heavy atom. The third kappa shape index (κ3) is 3.12. The standard InChI is InChI=1S/C15H21N5O4/c1-15(2,3)13(22)23-6-8-4-5-9(24-8)20-7-17-10-11(20)18-14(16)19-12(10)21/h7-9H,4-6H2,1-3H3,(H3,16,18,19,21)/t8-,9+/m0/s1. The molecule has 130 valence electrons. The average molecular weight is 335 g/mol. The molecule has 0 radical (unpaired) electrons. The molecule has 9 heteroatoms. The van der Waals surface area contributed by atoms with Gasteiger partial charge in [-0.3, -0.25) is 19.1 Å². The Hall–Kier alpha value is -2.42. The minimum Gasteiger partial charge on any atom is -0.463 e. The summed E-state index contributed by atoms with van der Waals surface area (Å²) in [6.07, 6.45) is 2.44. The highest BCUT2D eigenvalue weighted by atomic mass is 16.6. The van der Waals surface area contributed by atoms with Crippen molar-refractivity contribution in [3.63, 3.8) is 0 Å². The minimum atomic E-state index is -0.541. The molecule has 3 rings (SSSR count). The number of hydrogen-bond acceptors (Lipinski definition) is 7. The molecule has 0 aliphatic carbocycles. The molecule has 1 aliphatic heterocycles. The topological polar surface area (TPSA) is 125 Å². The quantitative estimate of drug-likeness (QED) is 0.800. The van der Waals surface area contributed by atoms with E-state index in [0.717, 1.165) is 6.42 Å². The third-order valence-electron chi connectivity index (χ3n) is 3.86. The number of carbonyl (C=O) groups excluding carboxylic acids is 1. The predicted octanol–water partition coefficient (Wildman–Crippen LogP) is 0.969. The second-order valence-electron chi connectivity index (χ2n) is 6.91. The van der Waals surface area contributed by atoms with Gasteiger partial charge in [-0.05, 0) is 33.6 Å². The van der Waals surface area contributed by atoms with Crippen LogP contribution in [0.2, 0.25) is 0 Å². The van der Waals surface area contributed by atoms with E-state index in [2.05, 4.69) is 15.0 Å². The van der Waals surface area contributed by atoms with Gasteiger partial charge in [0.05, 0.1) is 17.8 Å². The first kappa shape index (κ1) is 16.4. The number of nitrogens with two attached hydrogens (primary N) is 1. The van der Waals surface area contributed by atoms with Crippen LogP contribution in [-0.4, -0.2) is 38.2 Å². The molecule has 0 amide bonds. The first-order valence-electron chi connectivity index (χ1n) is 7.80. The van der Waals surface area contributed by atoms with Gasteiger partial charge in [-0.15, -0.1) is 0 Å². The van der Waals surface area contributed by atoms with Gasteiger partial charge in [0.2, 0.25) is 5.95 Å². The van der Waals surface area contributed by atoms with Crippen LogP contribution in [0.25, 0.3) is 11.2 Å². The second kappa shape index (κ2) is 5.90. The number of H-pyrrole nitrogens is 1. The van der Waals surface area contributed by atoms with Crippen molar-refractivity contribution in [3.05, 3.63) is 16.7 Å². The predicted molar refractivity (Wildman–Crippen MR) is 86.1 cm³/mol. The molecular weight excluding hydrogens is 314 g/mol. The van der Waals surface area contributed by atoms with E-state index in [0.29, 0.717) is 12.1 Å². The second-order valence-corrected chi connectivity index (χ2v) is 6.91. The lowest BCUT2D eigenvalue weighted by molar-refractivity contribution is -0.157. The van der Waals surface area contributed by atoms with Crippen molar-refractivity contribution in [3.8, 4) is 0 Å². The first-order chi connectivity index (χ1) is 11.3. The van der Waals surface area contributed by atoms with Gasteiger partial charge in [0, 0.05) is 0 Å². The van der Waals surface area contributed by atoms with Crippen molar-refractivity contribution in [1.82, 2.24) is 19.5 Å². The van der Waals surface area contributed by atoms with Crippen LogP contribution in [0.1, 0.15) is 39.8 Å². The fourth-order valence-electron chi connectivity index (χ4n) is 2.55. The summed E-state index contributed by atoms with van der Waals surface area (Å²) in [6, 6.07) is 0. The molecule has 24 heavy (non-hydrogen) atoms. The van der Waals surface area contributed by atoms with Crippen molar-refractivity contribution in [2.45, 2.75) is 45.9 Å². The molecule has 1 aliphatic rings. The van der Waals surface area contributed by atoms with Gasteiger partial charge in [0.1, 0.15) is 12.8 Å². The molecule has 0 unspecified atom stereocenters. The minimum absolute atomic E-state index is 0.0305. The van der Waals surface area contributed by atoms with Crippen LogP contribution in [0, 0.1) is 5.41 Å². The zero-order valence-corrected chi connectivity index (χ0v) is 13.9. The average Bonchev–Trinajstić information content (AvgIpc) is 3.09. The van der Waals surface area contributed by atoms with E-state index < -0.39 is 5.41 Å². The maximum Gasteiger partial charge on any atom is 0.311 e. The maximum absolute atomic E-state index is 11.8. The Morgan fingerprint density at radius 3 is 2.96 bits per heavy atom. The molecule has 3 heterocycles. The number of fused-ring (bicyclic) bond motifs is 1. The summed E-state index contributed by atoms with van der Waals surface area (Å²) >= 11 is 0. The molecule has 1 fully saturated rings. The van der Waals surface area contributed by atoms with Gasteiger partial charge < -0.3 is 15.2 Å². The molecular formula is C15H21N5O4. The lowest BCUT2D eigenvalue weighted by Crippen LogP contribution is -2.27. The van der Waals surface area contributed by atoms with E-state index >= 15 is 0 Å². The maximum atomic E-state index is 11.8. The van der Waals surface area contributed by atoms with Crippen LogP contribution in [0.4, 0.5) is 5.95 Å². The van der Waals surface area contributed by atoms with E-state index in [1.165, 1.54) is 6.33 Å². The fourth-order valence-corrected chi connectivity index (χ4v) is 2.55. The summed E-state index contributed by atoms with van der Waals surface area (Å²) in [5.74, 6) is -0.230. The molecule has 9 nitrogen and oxygen atoms in total. The molecule has 3 N–H and O–H groups in total. The largest absolute Gasteiger partial charge is 0.463 e. The van der Waals surface area contributed by atoms with Gasteiger partial charge in [0.25, 0.3) is 5.56 Å². The first-order valence-corrected chi connectivity index (χ1v) is 7.80. The Kier molecular flexibility index (Phi) is 4.04. The molecule has 2 aromatic rings. The van der Waals surface area contributed by atoms with Crippen molar-refractivity contribution >= 4 is 23.1 Å². The van der Waals surface area contributed by atoms with Gasteiger partial charge in [-0.1, -0.05) is 0 Å². The number of nitrogens with one attached hydrogen (secondary N) is 1. The van der Waals surface area contributed by atoms with Crippen LogP contribution >= 0.6 is 0 Å². The lowest BCUT2D eigenvalue weighted by Gasteiger charge is -2.19. The van der Waals surface area contributed by atoms with Crippen molar-refractivity contribution in [2.75, 3.05) is 12.3 Å². The zero-order valence-electron chi connectivity index (χ0n) is 13.9. The van der Waals surface area contributed by atoms with Crippen molar-refractivity contribution in [2.24, 2.45) is 5.41 Å². The van der Waals surface area contributed by atoms with E-state index in [9.17, 15) is 9.59 Å². The Balaban J connectivity index is 1.70. The molecule has 2 atom stereocenters. The lowest BCUT2D eigenvalue weighted by atomic mass is 9.97. The number of imidazole rings is 1. The van der Waals surface area contributed by atoms with Crippen LogP contribution < -0.4 is 11.3 Å². The van der Waals surface area contributed by atoms with Gasteiger partial charge >= 0.3 is 5.97 Å². The van der Waals surface area contributed by atoms with Crippen LogP contribution in [0.5, 0.6) is 0 Å². The Morgan fingerprint density at radius 1 is 1.50 bits per heavy atom. The number of esters is 1. The summed E-state index contributed by atoms with van der Waals surface area (Å²) in [6.45, 7) is 5.62. The molecule has 2 aromatic heterocycles. The van der Waals surface area contributed by atoms with Crippen LogP contribution in [0.3, 0.4) is 0 Å². The van der Waals surface area contributed by atoms with Gasteiger partial charge in [0.15, 0.2) is 11.2 Å². The fraction of sp³-hybridized carbons (Fsp3) is 0.600. The smallest absolute Gasteiger partial charge is 0.311 e. The van der Waals surface area contributed by atoms with E-state index in [1.807, 2.05) is 0 Å². The van der Waals surface area contributed by atoms with E-state index in [-0.39, 0.29) is 41.9 Å². The number of rotatable bonds is 3. The highest BCUT2D eigenvalue weighted by Gasteiger charge is 2.31. The Bertz CT molecular complexity index is 819. The number of aromatic amines is 1. The summed E-state index contributed by atoms with van der Waals surface area (Å²) in [4.78, 5) is 34.3. The summed E-state index contributed by atoms with van der Waals surface area (Å²) in [5.41, 5.74) is 5.27. The monoisotopic (exact) mass is 335 g/mol. The summed E-state index contributed by atoms with van der Waals surface area (Å²) in [5, 5.41) is 0. The van der Waals surface area contributed by atoms with Gasteiger partial charge in [-0.25, -0.2) is 4.98 Å². The molecule has 0 saturated carbocycles. The third-order valence-corrected chi connectivity index (χ3v) is 3.86. The van der Waals surface area contributed by atoms with Crippen molar-refractivity contribution in [1.29, 1.82) is 0 Å². The molecule has 1 saturated heterocycles. The molecule has 0 bridgehead atoms. The van der Waals surface area contributed by atoms with Crippen LogP contribution in [0.15, 0.2) is 11.1 Å². The molecule has 0 spiro atoms. The van der Waals surface area contributed by atoms with Crippen LogP contribution in [-0.2, 0) is 14.3 Å². The number of aromatic nitrogens is 4. The number of carbonyl (C=O) groups is 1. The molecule has 0 aromatic carbocycles. The van der Waals surface area contributed by atoms with E-state index in [1.54, 1.807) is 25.3 Å². The van der Waals surface area contributed by atoms with Crippen molar-refractivity contribution < 1.29 is 14.3 Å². The van der Waals surface area contributed by atoms with Gasteiger partial charge in [-0.2, -0.15) is 4.98 Å². The normalized spacial score (nSPS) is 21.3. The highest BCUT2D eigenvalue weighted by molar-refractivity contribution is 5.75. The number of nitrogen functional groups attached to an aromatic ring is 1. The number of ether oxygens (including phenoxy) is 2. The highest BCUT2D eigenvalue weighted by Crippen LogP contribution is 2.30. The number of nitrogens with zero attached hydrogens (tertiary/aromatic N) is 3. The van der Waals surface area contributed by atoms with E-state index in [4.69, 9.17) is 15.2 Å². The zero-order chi connectivity index (χ0) is 17.5. The number of anilines is 1. The Labute approximate surface area is 138 Å². The number of hydrogen-bond donors (Lipinski definition) is 2. The summed E-state index contributed by atoms with van der Waals surface area (Å²) in [7, 11) is 0. The summed E-state index contributed by atoms with van der Waals surface area (Å²) < 4.78 is 12.9. The SMILES string of the molecule is CC(C)(C)C(=O)OC[C@@H]1CC[C@H](n2cnc3c(=O)[nH]c(N)nc32)O1.